The lowest BCUT2D eigenvalue weighted by Gasteiger charge is -2.31. The van der Waals surface area contributed by atoms with Gasteiger partial charge >= 0.3 is 0 Å². The Hall–Kier alpha value is -1.56. The molecule has 0 spiro atoms. The zero-order chi connectivity index (χ0) is 20.5. The summed E-state index contributed by atoms with van der Waals surface area (Å²) < 4.78 is 2.26. The second kappa shape index (κ2) is 8.66. The summed E-state index contributed by atoms with van der Waals surface area (Å²) in [5, 5.41) is 1.89. The average molecular weight is 495 g/mol. The van der Waals surface area contributed by atoms with E-state index in [2.05, 4.69) is 44.8 Å². The van der Waals surface area contributed by atoms with E-state index in [9.17, 15) is 4.79 Å². The molecule has 1 amide bonds. The fourth-order valence-corrected chi connectivity index (χ4v) is 4.68. The molecule has 4 rings (SSSR count). The van der Waals surface area contributed by atoms with E-state index >= 15 is 0 Å². The maximum absolute atomic E-state index is 11.7. The van der Waals surface area contributed by atoms with Gasteiger partial charge in [-0.05, 0) is 36.1 Å². The largest absolute Gasteiger partial charge is 0.343 e. The van der Waals surface area contributed by atoms with Gasteiger partial charge in [-0.3, -0.25) is 4.79 Å². The third-order valence-corrected chi connectivity index (χ3v) is 7.01. The number of nitrogens with zero attached hydrogens (tertiary/aromatic N) is 3. The average Bonchev–Trinajstić information content (AvgIpc) is 3.06. The van der Waals surface area contributed by atoms with Crippen molar-refractivity contribution in [3.8, 4) is 0 Å². The molecule has 1 aliphatic heterocycles. The van der Waals surface area contributed by atoms with Crippen LogP contribution in [0.1, 0.15) is 42.6 Å². The normalized spacial score (nSPS) is 15.2. The van der Waals surface area contributed by atoms with Gasteiger partial charge < -0.3 is 9.47 Å². The highest BCUT2D eigenvalue weighted by Gasteiger charge is 2.27. The number of benzene rings is 2. The highest BCUT2D eigenvalue weighted by molar-refractivity contribution is 9.08. The van der Waals surface area contributed by atoms with Crippen LogP contribution in [0.2, 0.25) is 10.0 Å². The molecule has 0 atom stereocenters. The fourth-order valence-electron chi connectivity index (χ4n) is 3.99. The molecule has 0 N–H and O–H groups in total. The lowest BCUT2D eigenvalue weighted by Crippen LogP contribution is -2.36. The summed E-state index contributed by atoms with van der Waals surface area (Å²) in [6.07, 6.45) is 1.82. The quantitative estimate of drug-likeness (QED) is 0.416. The van der Waals surface area contributed by atoms with Gasteiger partial charge in [-0.1, -0.05) is 63.4 Å². The Morgan fingerprint density at radius 1 is 1.10 bits per heavy atom. The van der Waals surface area contributed by atoms with Crippen molar-refractivity contribution >= 4 is 56.1 Å². The number of hydrogen-bond donors (Lipinski definition) is 0. The molecule has 152 valence electrons. The van der Waals surface area contributed by atoms with Gasteiger partial charge in [0.05, 0.1) is 21.1 Å². The number of hydrogen-bond acceptors (Lipinski definition) is 2. The van der Waals surface area contributed by atoms with Crippen molar-refractivity contribution in [3.63, 3.8) is 0 Å². The van der Waals surface area contributed by atoms with Gasteiger partial charge in [0.1, 0.15) is 5.82 Å². The van der Waals surface area contributed by atoms with Crippen LogP contribution >= 0.6 is 39.1 Å². The van der Waals surface area contributed by atoms with E-state index in [4.69, 9.17) is 28.2 Å². The molecular weight excluding hydrogens is 473 g/mol. The number of piperidine rings is 1. The van der Waals surface area contributed by atoms with Crippen molar-refractivity contribution in [1.29, 1.82) is 0 Å². The number of carbonyl (C=O) groups excluding carboxylic acids is 1. The SMILES string of the molecule is CC(=O)N1CCC(c2nc3cc(Cl)c(Cl)cc3n2Cc2ccc(CBr)cc2)CC1. The van der Waals surface area contributed by atoms with E-state index in [0.29, 0.717) is 16.0 Å². The first kappa shape index (κ1) is 20.7. The van der Waals surface area contributed by atoms with Crippen molar-refractivity contribution < 1.29 is 4.79 Å². The minimum atomic E-state index is 0.141. The van der Waals surface area contributed by atoms with Crippen molar-refractivity contribution in [2.75, 3.05) is 13.1 Å². The number of rotatable bonds is 4. The maximum Gasteiger partial charge on any atom is 0.219 e. The lowest BCUT2D eigenvalue weighted by atomic mass is 9.95. The standard InChI is InChI=1S/C22H22BrCl2N3O/c1-14(29)27-8-6-17(7-9-27)22-26-20-10-18(24)19(25)11-21(20)28(22)13-16-4-2-15(12-23)3-5-16/h2-5,10-11,17H,6-9,12-13H2,1H3. The number of fused-ring (bicyclic) bond motifs is 1. The molecule has 1 fully saturated rings. The van der Waals surface area contributed by atoms with Crippen LogP contribution in [-0.4, -0.2) is 33.4 Å². The first-order valence-electron chi connectivity index (χ1n) is 9.70. The van der Waals surface area contributed by atoms with Crippen molar-refractivity contribution in [2.24, 2.45) is 0 Å². The number of aromatic nitrogens is 2. The van der Waals surface area contributed by atoms with Gasteiger partial charge in [-0.2, -0.15) is 0 Å². The highest BCUT2D eigenvalue weighted by atomic mass is 79.9. The molecule has 3 aromatic rings. The van der Waals surface area contributed by atoms with E-state index in [1.807, 2.05) is 17.0 Å². The number of amides is 1. The molecule has 0 radical (unpaired) electrons. The van der Waals surface area contributed by atoms with E-state index in [1.54, 1.807) is 6.92 Å². The Kier molecular flexibility index (Phi) is 6.19. The molecule has 7 heteroatoms. The fraction of sp³-hybridized carbons (Fsp3) is 0.364. The van der Waals surface area contributed by atoms with Crippen LogP contribution in [0.4, 0.5) is 0 Å². The summed E-state index contributed by atoms with van der Waals surface area (Å²) >= 11 is 16.1. The maximum atomic E-state index is 11.7. The monoisotopic (exact) mass is 493 g/mol. The van der Waals surface area contributed by atoms with Gasteiger partial charge in [0.15, 0.2) is 0 Å². The number of imidazole rings is 1. The topological polar surface area (TPSA) is 38.1 Å². The lowest BCUT2D eigenvalue weighted by molar-refractivity contribution is -0.129. The van der Waals surface area contributed by atoms with Gasteiger partial charge in [0.25, 0.3) is 0 Å². The molecular formula is C22H22BrCl2N3O. The molecule has 4 nitrogen and oxygen atoms in total. The molecule has 2 heterocycles. The Bertz CT molecular complexity index is 1040. The Morgan fingerprint density at radius 2 is 1.72 bits per heavy atom. The van der Waals surface area contributed by atoms with E-state index in [-0.39, 0.29) is 5.91 Å². The van der Waals surface area contributed by atoms with E-state index in [1.165, 1.54) is 11.1 Å². The predicted molar refractivity (Wildman–Crippen MR) is 122 cm³/mol. The number of halogens is 3. The van der Waals surface area contributed by atoms with Gasteiger partial charge in [0.2, 0.25) is 5.91 Å². The summed E-state index contributed by atoms with van der Waals surface area (Å²) in [5.74, 6) is 1.49. The molecule has 1 aromatic heterocycles. The Morgan fingerprint density at radius 3 is 2.34 bits per heavy atom. The third kappa shape index (κ3) is 4.32. The molecule has 2 aromatic carbocycles. The molecule has 29 heavy (non-hydrogen) atoms. The third-order valence-electron chi connectivity index (χ3n) is 5.64. The smallest absolute Gasteiger partial charge is 0.219 e. The molecule has 0 aliphatic carbocycles. The van der Waals surface area contributed by atoms with Crippen molar-refractivity contribution in [1.82, 2.24) is 14.5 Å². The van der Waals surface area contributed by atoms with Crippen LogP contribution in [0.3, 0.4) is 0 Å². The number of likely N-dealkylation sites (tertiary alicyclic amines) is 1. The van der Waals surface area contributed by atoms with Crippen LogP contribution in [0.15, 0.2) is 36.4 Å². The summed E-state index contributed by atoms with van der Waals surface area (Å²) in [7, 11) is 0. The zero-order valence-electron chi connectivity index (χ0n) is 16.2. The Labute approximate surface area is 188 Å². The molecule has 1 aliphatic rings. The minimum absolute atomic E-state index is 0.141. The summed E-state index contributed by atoms with van der Waals surface area (Å²) in [6, 6.07) is 12.3. The van der Waals surface area contributed by atoms with Crippen LogP contribution in [0.25, 0.3) is 11.0 Å². The Balaban J connectivity index is 1.72. The first-order valence-corrected chi connectivity index (χ1v) is 11.6. The highest BCUT2D eigenvalue weighted by Crippen LogP contribution is 2.34. The molecule has 0 unspecified atom stereocenters. The predicted octanol–water partition coefficient (Wildman–Crippen LogP) is 6.01. The second-order valence-electron chi connectivity index (χ2n) is 7.54. The molecule has 0 saturated carbocycles. The summed E-state index contributed by atoms with van der Waals surface area (Å²) in [4.78, 5) is 18.6. The zero-order valence-corrected chi connectivity index (χ0v) is 19.3. The van der Waals surface area contributed by atoms with Gasteiger partial charge in [-0.15, -0.1) is 0 Å². The van der Waals surface area contributed by atoms with E-state index < -0.39 is 0 Å². The number of alkyl halides is 1. The van der Waals surface area contributed by atoms with Crippen LogP contribution < -0.4 is 0 Å². The first-order chi connectivity index (χ1) is 14.0. The molecule has 1 saturated heterocycles. The number of carbonyl (C=O) groups is 1. The van der Waals surface area contributed by atoms with Crippen molar-refractivity contribution in [3.05, 3.63) is 63.4 Å². The van der Waals surface area contributed by atoms with Gasteiger partial charge in [-0.25, -0.2) is 4.98 Å². The summed E-state index contributed by atoms with van der Waals surface area (Å²) in [5.41, 5.74) is 4.31. The molecule has 0 bridgehead atoms. The second-order valence-corrected chi connectivity index (χ2v) is 8.92. The van der Waals surface area contributed by atoms with Gasteiger partial charge in [0, 0.05) is 37.8 Å². The van der Waals surface area contributed by atoms with E-state index in [0.717, 1.165) is 54.7 Å². The van der Waals surface area contributed by atoms with Crippen LogP contribution in [0, 0.1) is 0 Å². The summed E-state index contributed by atoms with van der Waals surface area (Å²) in [6.45, 7) is 3.89. The van der Waals surface area contributed by atoms with Crippen LogP contribution in [-0.2, 0) is 16.7 Å². The minimum Gasteiger partial charge on any atom is -0.343 e. The van der Waals surface area contributed by atoms with Crippen LogP contribution in [0.5, 0.6) is 0 Å². The van der Waals surface area contributed by atoms with Crippen molar-refractivity contribution in [2.45, 2.75) is 37.6 Å².